The van der Waals surface area contributed by atoms with Gasteiger partial charge in [-0.3, -0.25) is 0 Å². The molecule has 1 aliphatic carbocycles. The van der Waals surface area contributed by atoms with Gasteiger partial charge in [0.25, 0.3) is 0 Å². The first-order valence-corrected chi connectivity index (χ1v) is 6.27. The van der Waals surface area contributed by atoms with Gasteiger partial charge in [0.2, 0.25) is 0 Å². The van der Waals surface area contributed by atoms with Crippen LogP contribution in [0.1, 0.15) is 47.5 Å². The van der Waals surface area contributed by atoms with E-state index in [1.165, 1.54) is 12.8 Å². The molecule has 0 bridgehead atoms. The normalized spacial score (nSPS) is 16.8. The Balaban J connectivity index is 2.57. The van der Waals surface area contributed by atoms with E-state index >= 15 is 0 Å². The Hall–Kier alpha value is -0.770. The maximum Gasteiger partial charge on any atom is 0.410 e. The van der Waals surface area contributed by atoms with Gasteiger partial charge in [0.1, 0.15) is 5.60 Å². The number of nitrogens with zero attached hydrogens (tertiary/aromatic N) is 1. The van der Waals surface area contributed by atoms with E-state index in [2.05, 4.69) is 0 Å². The third kappa shape index (κ3) is 6.51. The number of ether oxygens (including phenoxy) is 1. The number of carbonyl (C=O) groups excluding carboxylic acids is 1. The van der Waals surface area contributed by atoms with Gasteiger partial charge in [0.15, 0.2) is 0 Å². The zero-order chi connectivity index (χ0) is 13.3. The van der Waals surface area contributed by atoms with E-state index in [0.717, 1.165) is 0 Å². The van der Waals surface area contributed by atoms with Crippen LogP contribution in [0.15, 0.2) is 0 Å². The fourth-order valence-corrected chi connectivity index (χ4v) is 1.61. The molecule has 0 heterocycles. The lowest BCUT2D eigenvalue weighted by atomic mass is 10.1. The molecule has 0 atom stereocenters. The molecule has 1 fully saturated rings. The molecule has 0 aromatic rings. The molecule has 1 saturated carbocycles. The highest BCUT2D eigenvalue weighted by Gasteiger charge is 2.32. The smallest absolute Gasteiger partial charge is 0.410 e. The predicted octanol–water partition coefficient (Wildman–Crippen LogP) is 2.40. The summed E-state index contributed by atoms with van der Waals surface area (Å²) in [5.41, 5.74) is -1.37. The van der Waals surface area contributed by atoms with Gasteiger partial charge in [-0.2, -0.15) is 0 Å². The van der Waals surface area contributed by atoms with E-state index in [4.69, 9.17) is 4.74 Å². The van der Waals surface area contributed by atoms with Crippen LogP contribution in [0, 0.1) is 5.92 Å². The number of hydrogen-bond donors (Lipinski definition) is 1. The van der Waals surface area contributed by atoms with Gasteiger partial charge in [0.05, 0.1) is 12.1 Å². The van der Waals surface area contributed by atoms with Crippen LogP contribution >= 0.6 is 0 Å². The fourth-order valence-electron chi connectivity index (χ4n) is 1.61. The van der Waals surface area contributed by atoms with Crippen LogP contribution in [0.2, 0.25) is 0 Å². The number of amides is 1. The van der Waals surface area contributed by atoms with Crippen molar-refractivity contribution in [3.8, 4) is 0 Å². The number of carbonyl (C=O) groups is 1. The number of hydrogen-bond acceptors (Lipinski definition) is 3. The van der Waals surface area contributed by atoms with Crippen LogP contribution < -0.4 is 0 Å². The largest absolute Gasteiger partial charge is 0.444 e. The summed E-state index contributed by atoms with van der Waals surface area (Å²) >= 11 is 0. The second-order valence-electron chi connectivity index (χ2n) is 6.62. The van der Waals surface area contributed by atoms with Gasteiger partial charge in [-0.25, -0.2) is 4.79 Å². The first-order valence-electron chi connectivity index (χ1n) is 6.27. The van der Waals surface area contributed by atoms with Crippen molar-refractivity contribution in [3.63, 3.8) is 0 Å². The summed E-state index contributed by atoms with van der Waals surface area (Å²) in [7, 11) is 0. The highest BCUT2D eigenvalue weighted by molar-refractivity contribution is 5.68. The Morgan fingerprint density at radius 2 is 1.82 bits per heavy atom. The van der Waals surface area contributed by atoms with Crippen LogP contribution in [0.3, 0.4) is 0 Å². The van der Waals surface area contributed by atoms with Gasteiger partial charge in [-0.05, 0) is 53.4 Å². The summed E-state index contributed by atoms with van der Waals surface area (Å²) < 4.78 is 5.35. The molecule has 0 aromatic carbocycles. The average Bonchev–Trinajstić information content (AvgIpc) is 2.80. The van der Waals surface area contributed by atoms with E-state index in [0.29, 0.717) is 19.0 Å². The van der Waals surface area contributed by atoms with Crippen molar-refractivity contribution in [3.05, 3.63) is 0 Å². The fraction of sp³-hybridized carbons (Fsp3) is 0.923. The highest BCUT2D eigenvalue weighted by atomic mass is 16.6. The molecule has 4 heteroatoms. The Bertz CT molecular complexity index is 271. The second-order valence-corrected chi connectivity index (χ2v) is 6.62. The highest BCUT2D eigenvalue weighted by Crippen LogP contribution is 2.30. The third-order valence-electron chi connectivity index (χ3n) is 2.41. The average molecular weight is 243 g/mol. The summed E-state index contributed by atoms with van der Waals surface area (Å²) in [6, 6.07) is 0. The first kappa shape index (κ1) is 14.3. The molecular weight excluding hydrogens is 218 g/mol. The molecule has 1 aliphatic rings. The van der Waals surface area contributed by atoms with E-state index < -0.39 is 11.2 Å². The van der Waals surface area contributed by atoms with Gasteiger partial charge in [-0.1, -0.05) is 0 Å². The molecule has 0 spiro atoms. The minimum Gasteiger partial charge on any atom is -0.444 e. The molecule has 0 radical (unpaired) electrons. The number of aliphatic hydroxyl groups is 1. The van der Waals surface area contributed by atoms with Crippen molar-refractivity contribution >= 4 is 6.09 Å². The lowest BCUT2D eigenvalue weighted by Gasteiger charge is -2.31. The van der Waals surface area contributed by atoms with Crippen molar-refractivity contribution in [1.82, 2.24) is 4.90 Å². The van der Waals surface area contributed by atoms with Crippen molar-refractivity contribution in [2.24, 2.45) is 5.92 Å². The molecule has 17 heavy (non-hydrogen) atoms. The van der Waals surface area contributed by atoms with Crippen LogP contribution in [-0.2, 0) is 4.74 Å². The molecule has 0 aliphatic heterocycles. The van der Waals surface area contributed by atoms with Crippen LogP contribution in [0.4, 0.5) is 4.79 Å². The van der Waals surface area contributed by atoms with E-state index in [9.17, 15) is 9.90 Å². The summed E-state index contributed by atoms with van der Waals surface area (Å²) in [5, 5.41) is 9.82. The molecule has 4 nitrogen and oxygen atoms in total. The molecule has 0 unspecified atom stereocenters. The van der Waals surface area contributed by atoms with Gasteiger partial charge < -0.3 is 14.7 Å². The zero-order valence-corrected chi connectivity index (χ0v) is 11.6. The molecular formula is C13H25NO3. The summed E-state index contributed by atoms with van der Waals surface area (Å²) in [4.78, 5) is 13.6. The Morgan fingerprint density at radius 3 is 2.18 bits per heavy atom. The standard InChI is InChI=1S/C13H25NO3/c1-12(2,3)17-11(15)14(8-10-6-7-10)9-13(4,5)16/h10,16H,6-9H2,1-5H3. The third-order valence-corrected chi connectivity index (χ3v) is 2.41. The Labute approximate surface area is 104 Å². The summed E-state index contributed by atoms with van der Waals surface area (Å²) in [6.45, 7) is 9.98. The second kappa shape index (κ2) is 4.84. The molecule has 0 aromatic heterocycles. The van der Waals surface area contributed by atoms with Gasteiger partial charge >= 0.3 is 6.09 Å². The zero-order valence-electron chi connectivity index (χ0n) is 11.6. The van der Waals surface area contributed by atoms with Crippen LogP contribution in [-0.4, -0.2) is 40.4 Å². The van der Waals surface area contributed by atoms with E-state index in [1.54, 1.807) is 18.7 Å². The Morgan fingerprint density at radius 1 is 1.29 bits per heavy atom. The molecule has 1 amide bonds. The quantitative estimate of drug-likeness (QED) is 0.825. The van der Waals surface area contributed by atoms with Gasteiger partial charge in [-0.15, -0.1) is 0 Å². The van der Waals surface area contributed by atoms with Gasteiger partial charge in [0, 0.05) is 6.54 Å². The number of rotatable bonds is 4. The predicted molar refractivity (Wildman–Crippen MR) is 66.8 cm³/mol. The van der Waals surface area contributed by atoms with Crippen molar-refractivity contribution < 1.29 is 14.6 Å². The Kier molecular flexibility index (Phi) is 4.07. The summed E-state index contributed by atoms with van der Waals surface area (Å²) in [6.07, 6.45) is 2.02. The van der Waals surface area contributed by atoms with Crippen molar-refractivity contribution in [1.29, 1.82) is 0 Å². The maximum atomic E-state index is 12.0. The van der Waals surface area contributed by atoms with Crippen LogP contribution in [0.5, 0.6) is 0 Å². The summed E-state index contributed by atoms with van der Waals surface area (Å²) in [5.74, 6) is 0.588. The van der Waals surface area contributed by atoms with Crippen LogP contribution in [0.25, 0.3) is 0 Å². The van der Waals surface area contributed by atoms with E-state index in [1.807, 2.05) is 20.8 Å². The van der Waals surface area contributed by atoms with E-state index in [-0.39, 0.29) is 6.09 Å². The SMILES string of the molecule is CC(C)(O)CN(CC1CC1)C(=O)OC(C)(C)C. The lowest BCUT2D eigenvalue weighted by molar-refractivity contribution is -0.00437. The molecule has 1 rings (SSSR count). The molecule has 100 valence electrons. The monoisotopic (exact) mass is 243 g/mol. The lowest BCUT2D eigenvalue weighted by Crippen LogP contribution is -2.45. The molecule has 1 N–H and O–H groups in total. The minimum absolute atomic E-state index is 0.318. The van der Waals surface area contributed by atoms with Crippen molar-refractivity contribution in [2.75, 3.05) is 13.1 Å². The minimum atomic E-state index is -0.883. The van der Waals surface area contributed by atoms with Crippen molar-refractivity contribution in [2.45, 2.75) is 58.7 Å². The maximum absolute atomic E-state index is 12.0. The topological polar surface area (TPSA) is 49.8 Å². The first-order chi connectivity index (χ1) is 7.57. The molecule has 0 saturated heterocycles.